The van der Waals surface area contributed by atoms with Gasteiger partial charge < -0.3 is 15.2 Å². The molecule has 3 nitrogen and oxygen atoms in total. The van der Waals surface area contributed by atoms with Gasteiger partial charge in [-0.25, -0.2) is 0 Å². The van der Waals surface area contributed by atoms with Crippen LogP contribution in [0.25, 0.3) is 0 Å². The normalized spacial score (nSPS) is 30.8. The van der Waals surface area contributed by atoms with Crippen molar-refractivity contribution in [1.82, 2.24) is 0 Å². The van der Waals surface area contributed by atoms with Crippen molar-refractivity contribution in [2.24, 2.45) is 11.7 Å². The summed E-state index contributed by atoms with van der Waals surface area (Å²) in [6.07, 6.45) is 7.33. The smallest absolute Gasteiger partial charge is 0.135 e. The average Bonchev–Trinajstić information content (AvgIpc) is 2.44. The lowest BCUT2D eigenvalue weighted by Crippen LogP contribution is -2.54. The van der Waals surface area contributed by atoms with E-state index in [1.807, 2.05) is 24.3 Å². The SMILES string of the molecule is [B]C1(N)CC(c2cccc(OCC3CCCCC3)c2)O1. The minimum atomic E-state index is -0.955. The minimum absolute atomic E-state index is 0.00299. The molecule has 1 aromatic rings. The fourth-order valence-corrected chi connectivity index (χ4v) is 3.10. The van der Waals surface area contributed by atoms with E-state index in [9.17, 15) is 0 Å². The third-order valence-corrected chi connectivity index (χ3v) is 4.31. The number of ether oxygens (including phenoxy) is 2. The summed E-state index contributed by atoms with van der Waals surface area (Å²) in [5.74, 6) is 1.64. The fraction of sp³-hybridized carbons (Fsp3) is 0.625. The second-order valence-corrected chi connectivity index (χ2v) is 6.15. The van der Waals surface area contributed by atoms with Crippen LogP contribution < -0.4 is 10.5 Å². The lowest BCUT2D eigenvalue weighted by Gasteiger charge is -2.43. The van der Waals surface area contributed by atoms with Crippen molar-refractivity contribution < 1.29 is 9.47 Å². The Morgan fingerprint density at radius 1 is 1.30 bits per heavy atom. The van der Waals surface area contributed by atoms with Crippen molar-refractivity contribution in [3.63, 3.8) is 0 Å². The second-order valence-electron chi connectivity index (χ2n) is 6.15. The van der Waals surface area contributed by atoms with Crippen LogP contribution in [0.1, 0.15) is 50.2 Å². The van der Waals surface area contributed by atoms with Crippen LogP contribution in [0.4, 0.5) is 0 Å². The molecule has 1 saturated carbocycles. The van der Waals surface area contributed by atoms with Gasteiger partial charge in [-0.2, -0.15) is 0 Å². The van der Waals surface area contributed by atoms with Crippen LogP contribution in [-0.4, -0.2) is 20.1 Å². The largest absolute Gasteiger partial charge is 0.493 e. The standard InChI is InChI=1S/C16H22BNO2/c17-16(18)10-15(20-16)13-7-4-8-14(9-13)19-11-12-5-2-1-3-6-12/h4,7-9,12,15H,1-3,5-6,10-11,18H2. The molecule has 1 saturated heterocycles. The summed E-state index contributed by atoms with van der Waals surface area (Å²) < 4.78 is 11.4. The van der Waals surface area contributed by atoms with E-state index in [2.05, 4.69) is 0 Å². The van der Waals surface area contributed by atoms with E-state index in [-0.39, 0.29) is 6.10 Å². The number of rotatable bonds is 4. The molecule has 2 unspecified atom stereocenters. The molecule has 2 atom stereocenters. The van der Waals surface area contributed by atoms with Crippen LogP contribution in [0.2, 0.25) is 0 Å². The summed E-state index contributed by atoms with van der Waals surface area (Å²) in [7, 11) is 5.67. The lowest BCUT2D eigenvalue weighted by molar-refractivity contribution is -0.154. The van der Waals surface area contributed by atoms with Crippen LogP contribution in [0.3, 0.4) is 0 Å². The molecule has 2 aliphatic rings. The van der Waals surface area contributed by atoms with E-state index in [1.54, 1.807) is 0 Å². The molecular formula is C16H22BNO2. The lowest BCUT2D eigenvalue weighted by atomic mass is 9.79. The second kappa shape index (κ2) is 5.78. The highest BCUT2D eigenvalue weighted by molar-refractivity contribution is 6.14. The zero-order valence-corrected chi connectivity index (χ0v) is 11.9. The Morgan fingerprint density at radius 2 is 2.05 bits per heavy atom. The summed E-state index contributed by atoms with van der Waals surface area (Å²) in [6.45, 7) is 0.826. The molecule has 0 bridgehead atoms. The Balaban J connectivity index is 1.54. The molecule has 1 heterocycles. The van der Waals surface area contributed by atoms with Crippen LogP contribution >= 0.6 is 0 Å². The van der Waals surface area contributed by atoms with Crippen LogP contribution in [0, 0.1) is 5.92 Å². The Kier molecular flexibility index (Phi) is 4.04. The van der Waals surface area contributed by atoms with Crippen LogP contribution in [0.15, 0.2) is 24.3 Å². The third-order valence-electron chi connectivity index (χ3n) is 4.31. The summed E-state index contributed by atoms with van der Waals surface area (Å²) >= 11 is 0. The minimum Gasteiger partial charge on any atom is -0.493 e. The summed E-state index contributed by atoms with van der Waals surface area (Å²) in [6, 6.07) is 8.08. The van der Waals surface area contributed by atoms with Gasteiger partial charge in [0, 0.05) is 6.42 Å². The molecule has 2 fully saturated rings. The molecule has 106 valence electrons. The van der Waals surface area contributed by atoms with Crippen LogP contribution in [-0.2, 0) is 4.74 Å². The average molecular weight is 271 g/mol. The Hall–Kier alpha value is -0.995. The molecule has 4 heteroatoms. The predicted molar refractivity (Wildman–Crippen MR) is 79.6 cm³/mol. The van der Waals surface area contributed by atoms with Gasteiger partial charge in [-0.3, -0.25) is 0 Å². The van der Waals surface area contributed by atoms with Gasteiger partial charge in [0.2, 0.25) is 0 Å². The van der Waals surface area contributed by atoms with Crippen molar-refractivity contribution in [3.05, 3.63) is 29.8 Å². The van der Waals surface area contributed by atoms with Gasteiger partial charge in [-0.05, 0) is 36.5 Å². The molecule has 2 N–H and O–H groups in total. The summed E-state index contributed by atoms with van der Waals surface area (Å²) in [5, 5.41) is 0. The van der Waals surface area contributed by atoms with Crippen molar-refractivity contribution in [2.45, 2.75) is 50.3 Å². The molecule has 0 aromatic heterocycles. The van der Waals surface area contributed by atoms with Gasteiger partial charge >= 0.3 is 0 Å². The topological polar surface area (TPSA) is 44.5 Å². The Morgan fingerprint density at radius 3 is 2.75 bits per heavy atom. The first-order valence-electron chi connectivity index (χ1n) is 7.61. The zero-order chi connectivity index (χ0) is 14.0. The molecule has 2 radical (unpaired) electrons. The number of benzene rings is 1. The van der Waals surface area contributed by atoms with E-state index in [4.69, 9.17) is 23.1 Å². The summed E-state index contributed by atoms with van der Waals surface area (Å²) in [4.78, 5) is 0. The highest BCUT2D eigenvalue weighted by Gasteiger charge is 2.38. The molecule has 1 aromatic carbocycles. The predicted octanol–water partition coefficient (Wildman–Crippen LogP) is 2.89. The summed E-state index contributed by atoms with van der Waals surface area (Å²) in [5.41, 5.74) is 5.81. The number of hydrogen-bond acceptors (Lipinski definition) is 3. The van der Waals surface area contributed by atoms with Crippen molar-refractivity contribution in [1.29, 1.82) is 0 Å². The number of nitrogens with two attached hydrogens (primary N) is 1. The first kappa shape index (κ1) is 14.0. The van der Waals surface area contributed by atoms with Crippen molar-refractivity contribution >= 4 is 7.85 Å². The molecule has 1 aliphatic heterocycles. The fourth-order valence-electron chi connectivity index (χ4n) is 3.10. The quantitative estimate of drug-likeness (QED) is 0.856. The van der Waals surface area contributed by atoms with Gasteiger partial charge in [-0.15, -0.1) is 0 Å². The van der Waals surface area contributed by atoms with Gasteiger partial charge in [0.1, 0.15) is 13.6 Å². The first-order chi connectivity index (χ1) is 9.62. The molecular weight excluding hydrogens is 249 g/mol. The van der Waals surface area contributed by atoms with E-state index >= 15 is 0 Å². The van der Waals surface area contributed by atoms with E-state index < -0.39 is 5.62 Å². The maximum Gasteiger partial charge on any atom is 0.135 e. The van der Waals surface area contributed by atoms with Crippen molar-refractivity contribution in [2.75, 3.05) is 6.61 Å². The molecule has 0 amide bonds. The van der Waals surface area contributed by atoms with Crippen LogP contribution in [0.5, 0.6) is 5.75 Å². The van der Waals surface area contributed by atoms with E-state index in [0.29, 0.717) is 12.3 Å². The Labute approximate surface area is 122 Å². The van der Waals surface area contributed by atoms with Crippen molar-refractivity contribution in [3.8, 4) is 5.75 Å². The zero-order valence-electron chi connectivity index (χ0n) is 11.9. The van der Waals surface area contributed by atoms with Gasteiger partial charge in [0.25, 0.3) is 0 Å². The van der Waals surface area contributed by atoms with Gasteiger partial charge in [-0.1, -0.05) is 31.4 Å². The molecule has 3 rings (SSSR count). The molecule has 0 spiro atoms. The van der Waals surface area contributed by atoms with Gasteiger partial charge in [0.15, 0.2) is 0 Å². The van der Waals surface area contributed by atoms with E-state index in [0.717, 1.165) is 17.9 Å². The molecule has 1 aliphatic carbocycles. The first-order valence-corrected chi connectivity index (χ1v) is 7.61. The maximum absolute atomic E-state index is 5.94. The third kappa shape index (κ3) is 3.36. The highest BCUT2D eigenvalue weighted by atomic mass is 16.5. The van der Waals surface area contributed by atoms with Gasteiger partial charge in [0.05, 0.1) is 18.3 Å². The molecule has 20 heavy (non-hydrogen) atoms. The number of hydrogen-bond donors (Lipinski definition) is 1. The highest BCUT2D eigenvalue weighted by Crippen LogP contribution is 2.38. The maximum atomic E-state index is 5.94. The monoisotopic (exact) mass is 271 g/mol. The van der Waals surface area contributed by atoms with E-state index in [1.165, 1.54) is 32.1 Å². The Bertz CT molecular complexity index is 450.